The van der Waals surface area contributed by atoms with Crippen molar-refractivity contribution in [1.29, 1.82) is 0 Å². The van der Waals surface area contributed by atoms with E-state index < -0.39 is 5.60 Å². The van der Waals surface area contributed by atoms with E-state index in [0.717, 1.165) is 11.1 Å². The second-order valence-corrected chi connectivity index (χ2v) is 8.56. The third-order valence-electron chi connectivity index (χ3n) is 5.85. The molecule has 31 heavy (non-hydrogen) atoms. The van der Waals surface area contributed by atoms with Crippen LogP contribution in [0.15, 0.2) is 52.2 Å². The van der Waals surface area contributed by atoms with Crippen LogP contribution in [-0.2, 0) is 18.6 Å². The number of benzene rings is 1. The molecular weight excluding hydrogens is 418 g/mol. The number of aliphatic hydroxyl groups is 1. The first kappa shape index (κ1) is 19.8. The zero-order valence-electron chi connectivity index (χ0n) is 16.8. The summed E-state index contributed by atoms with van der Waals surface area (Å²) < 4.78 is 6.79. The molecule has 3 heterocycles. The number of rotatable bonds is 5. The molecule has 0 bridgehead atoms. The lowest BCUT2D eigenvalue weighted by atomic mass is 9.66. The number of nitrogens with zero attached hydrogens (tertiary/aromatic N) is 5. The van der Waals surface area contributed by atoms with E-state index in [9.17, 15) is 9.90 Å². The Kier molecular flexibility index (Phi) is 4.83. The average Bonchev–Trinajstić information content (AvgIpc) is 3.16. The second kappa shape index (κ2) is 7.55. The maximum Gasteiger partial charge on any atom is 0.263 e. The minimum Gasteiger partial charge on any atom is -0.385 e. The van der Waals surface area contributed by atoms with Crippen LogP contribution in [-0.4, -0.2) is 29.8 Å². The first-order chi connectivity index (χ1) is 14.9. The van der Waals surface area contributed by atoms with Crippen LogP contribution in [0.3, 0.4) is 0 Å². The van der Waals surface area contributed by atoms with E-state index in [1.807, 2.05) is 19.1 Å². The summed E-state index contributed by atoms with van der Waals surface area (Å²) >= 11 is 5.93. The third kappa shape index (κ3) is 3.73. The van der Waals surface area contributed by atoms with Gasteiger partial charge in [0.2, 0.25) is 5.89 Å². The molecule has 4 aromatic rings. The second-order valence-electron chi connectivity index (χ2n) is 8.13. The Morgan fingerprint density at radius 1 is 1.23 bits per heavy atom. The molecule has 0 saturated heterocycles. The van der Waals surface area contributed by atoms with Crippen LogP contribution in [0.1, 0.15) is 35.7 Å². The van der Waals surface area contributed by atoms with E-state index in [-0.39, 0.29) is 18.0 Å². The molecule has 0 atom stereocenters. The Morgan fingerprint density at radius 3 is 2.77 bits per heavy atom. The highest BCUT2D eigenvalue weighted by molar-refractivity contribution is 6.30. The molecule has 8 nitrogen and oxygen atoms in total. The van der Waals surface area contributed by atoms with Crippen molar-refractivity contribution in [2.45, 2.75) is 38.3 Å². The van der Waals surface area contributed by atoms with E-state index in [1.54, 1.807) is 24.4 Å². The Bertz CT molecular complexity index is 1310. The predicted molar refractivity (Wildman–Crippen MR) is 114 cm³/mol. The van der Waals surface area contributed by atoms with Gasteiger partial charge < -0.3 is 9.63 Å². The van der Waals surface area contributed by atoms with Crippen molar-refractivity contribution in [3.63, 3.8) is 0 Å². The van der Waals surface area contributed by atoms with E-state index in [1.165, 1.54) is 10.9 Å². The van der Waals surface area contributed by atoms with Crippen LogP contribution in [0.5, 0.6) is 0 Å². The maximum absolute atomic E-state index is 12.8. The van der Waals surface area contributed by atoms with E-state index >= 15 is 0 Å². The van der Waals surface area contributed by atoms with Gasteiger partial charge in [-0.2, -0.15) is 4.98 Å². The molecule has 1 N–H and O–H groups in total. The minimum absolute atomic E-state index is 0.141. The van der Waals surface area contributed by atoms with Gasteiger partial charge in [0.05, 0.1) is 11.0 Å². The van der Waals surface area contributed by atoms with Gasteiger partial charge in [0.1, 0.15) is 12.9 Å². The summed E-state index contributed by atoms with van der Waals surface area (Å²) in [5.41, 5.74) is 1.08. The number of aryl methyl sites for hydroxylation is 1. The van der Waals surface area contributed by atoms with Crippen molar-refractivity contribution < 1.29 is 9.63 Å². The molecule has 0 aliphatic heterocycles. The van der Waals surface area contributed by atoms with Crippen molar-refractivity contribution in [1.82, 2.24) is 24.7 Å². The molecule has 0 radical (unpaired) electrons. The Hall–Kier alpha value is -3.10. The van der Waals surface area contributed by atoms with E-state index in [4.69, 9.17) is 16.1 Å². The first-order valence-electron chi connectivity index (χ1n) is 10.0. The largest absolute Gasteiger partial charge is 0.385 e. The normalized spacial score (nSPS) is 20.7. The van der Waals surface area contributed by atoms with E-state index in [0.29, 0.717) is 47.0 Å². The summed E-state index contributed by atoms with van der Waals surface area (Å²) in [5.74, 6) is 1.16. The van der Waals surface area contributed by atoms with Gasteiger partial charge in [-0.3, -0.25) is 9.36 Å². The molecule has 1 fully saturated rings. The fourth-order valence-corrected chi connectivity index (χ4v) is 4.34. The lowest BCUT2D eigenvalue weighted by molar-refractivity contribution is -0.0800. The van der Waals surface area contributed by atoms with Crippen LogP contribution in [0.2, 0.25) is 5.02 Å². The third-order valence-corrected chi connectivity index (χ3v) is 6.11. The van der Waals surface area contributed by atoms with Crippen LogP contribution >= 0.6 is 11.6 Å². The number of aromatic nitrogens is 5. The summed E-state index contributed by atoms with van der Waals surface area (Å²) in [6.45, 7) is 1.99. The van der Waals surface area contributed by atoms with Crippen LogP contribution in [0.4, 0.5) is 0 Å². The number of hydrogen-bond acceptors (Lipinski definition) is 7. The summed E-state index contributed by atoms with van der Waals surface area (Å²) in [6.07, 6.45) is 4.93. The molecule has 9 heteroatoms. The van der Waals surface area contributed by atoms with Crippen molar-refractivity contribution >= 4 is 22.6 Å². The van der Waals surface area contributed by atoms with Crippen molar-refractivity contribution in [3.05, 3.63) is 81.1 Å². The Balaban J connectivity index is 1.26. The van der Waals surface area contributed by atoms with Gasteiger partial charge in [0.15, 0.2) is 11.5 Å². The van der Waals surface area contributed by atoms with Crippen LogP contribution < -0.4 is 5.56 Å². The van der Waals surface area contributed by atoms with Gasteiger partial charge in [0, 0.05) is 17.6 Å². The van der Waals surface area contributed by atoms with Gasteiger partial charge in [0.25, 0.3) is 5.56 Å². The van der Waals surface area contributed by atoms with Crippen molar-refractivity contribution in [2.24, 2.45) is 5.92 Å². The number of halogens is 1. The monoisotopic (exact) mass is 437 g/mol. The van der Waals surface area contributed by atoms with Gasteiger partial charge >= 0.3 is 0 Å². The molecule has 0 spiro atoms. The topological polar surface area (TPSA) is 107 Å². The molecule has 1 saturated carbocycles. The summed E-state index contributed by atoms with van der Waals surface area (Å²) in [7, 11) is 0. The highest BCUT2D eigenvalue weighted by Gasteiger charge is 2.44. The van der Waals surface area contributed by atoms with Gasteiger partial charge in [-0.25, -0.2) is 9.97 Å². The maximum atomic E-state index is 12.8. The fourth-order valence-electron chi connectivity index (χ4n) is 4.22. The quantitative estimate of drug-likeness (QED) is 0.511. The Morgan fingerprint density at radius 2 is 2.00 bits per heavy atom. The molecule has 1 aliphatic carbocycles. The molecular formula is C22H20ClN5O3. The smallest absolute Gasteiger partial charge is 0.263 e. The molecule has 1 aliphatic rings. The average molecular weight is 438 g/mol. The standard InChI is InChI=1S/C22H20ClN5O3/c1-13-6-7-24-20-19(13)21(29)28(12-25-20)11-18-26-17(27-31-18)8-14-9-22(30,10-14)15-2-4-16(23)5-3-15/h2-7,12,14,30H,8-11H2,1H3. The van der Waals surface area contributed by atoms with Gasteiger partial charge in [-0.15, -0.1) is 0 Å². The number of hydrogen-bond donors (Lipinski definition) is 1. The summed E-state index contributed by atoms with van der Waals surface area (Å²) in [4.78, 5) is 25.6. The molecule has 0 amide bonds. The van der Waals surface area contributed by atoms with Crippen LogP contribution in [0.25, 0.3) is 11.0 Å². The van der Waals surface area contributed by atoms with Crippen molar-refractivity contribution in [3.8, 4) is 0 Å². The Labute approximate surface area is 182 Å². The first-order valence-corrected chi connectivity index (χ1v) is 10.4. The SMILES string of the molecule is Cc1ccnc2ncn(Cc3nc(CC4CC(O)(c5ccc(Cl)cc5)C4)no3)c(=O)c12. The lowest BCUT2D eigenvalue weighted by Gasteiger charge is -2.43. The number of pyridine rings is 1. The molecule has 5 rings (SSSR count). The molecule has 1 aromatic carbocycles. The summed E-state index contributed by atoms with van der Waals surface area (Å²) in [6, 6.07) is 9.07. The highest BCUT2D eigenvalue weighted by Crippen LogP contribution is 2.46. The lowest BCUT2D eigenvalue weighted by Crippen LogP contribution is -2.42. The summed E-state index contributed by atoms with van der Waals surface area (Å²) in [5, 5.41) is 16.0. The number of fused-ring (bicyclic) bond motifs is 1. The van der Waals surface area contributed by atoms with Crippen molar-refractivity contribution in [2.75, 3.05) is 0 Å². The highest BCUT2D eigenvalue weighted by atomic mass is 35.5. The zero-order valence-corrected chi connectivity index (χ0v) is 17.6. The molecule has 0 unspecified atom stereocenters. The predicted octanol–water partition coefficient (Wildman–Crippen LogP) is 3.02. The van der Waals surface area contributed by atoms with E-state index in [2.05, 4.69) is 20.1 Å². The van der Waals surface area contributed by atoms with Gasteiger partial charge in [-0.05, 0) is 55.0 Å². The zero-order chi connectivity index (χ0) is 21.6. The fraction of sp³-hybridized carbons (Fsp3) is 0.318. The molecule has 3 aromatic heterocycles. The van der Waals surface area contributed by atoms with Gasteiger partial charge in [-0.1, -0.05) is 28.9 Å². The van der Waals surface area contributed by atoms with Crippen LogP contribution in [0, 0.1) is 12.8 Å². The minimum atomic E-state index is -0.836. The molecule has 158 valence electrons.